The van der Waals surface area contributed by atoms with E-state index in [4.69, 9.17) is 9.47 Å². The van der Waals surface area contributed by atoms with E-state index in [9.17, 15) is 4.39 Å². The Morgan fingerprint density at radius 3 is 2.46 bits per heavy atom. The maximum absolute atomic E-state index is 13.0. The average molecular weight is 425 g/mol. The molecule has 0 aliphatic carbocycles. The molecule has 0 heterocycles. The molecule has 2 aromatic rings. The Balaban J connectivity index is 2.03. The molecular weight excluding hydrogens is 399 g/mol. The fraction of sp³-hybridized carbons (Fsp3) is 0.400. The Morgan fingerprint density at radius 2 is 1.77 bits per heavy atom. The number of ether oxygens (including phenoxy) is 2. The highest BCUT2D eigenvalue weighted by molar-refractivity contribution is 9.10. The zero-order chi connectivity index (χ0) is 18.8. The van der Waals surface area contributed by atoms with Gasteiger partial charge in [-0.2, -0.15) is 0 Å². The maximum Gasteiger partial charge on any atom is 0.162 e. The summed E-state index contributed by atoms with van der Waals surface area (Å²) in [5.74, 6) is 1.13. The van der Waals surface area contributed by atoms with Gasteiger partial charge in [-0.1, -0.05) is 28.1 Å². The Kier molecular flexibility index (Phi) is 8.88. The van der Waals surface area contributed by atoms with Crippen molar-refractivity contribution in [3.63, 3.8) is 0 Å². The van der Waals surface area contributed by atoms with Gasteiger partial charge in [0.2, 0.25) is 0 Å². The third-order valence-electron chi connectivity index (χ3n) is 3.82. The van der Waals surface area contributed by atoms with Crippen molar-refractivity contribution < 1.29 is 13.9 Å². The molecule has 2 rings (SSSR count). The van der Waals surface area contributed by atoms with Crippen molar-refractivity contribution in [2.75, 3.05) is 26.7 Å². The number of nitrogens with one attached hydrogen (secondary N) is 2. The summed E-state index contributed by atoms with van der Waals surface area (Å²) >= 11 is 3.61. The highest BCUT2D eigenvalue weighted by Crippen LogP contribution is 2.34. The average Bonchev–Trinajstić information content (AvgIpc) is 2.64. The number of hydrogen-bond acceptors (Lipinski definition) is 4. The summed E-state index contributed by atoms with van der Waals surface area (Å²) in [5, 5.41) is 6.56. The molecule has 0 saturated carbocycles. The Bertz CT molecular complexity index is 680. The smallest absolute Gasteiger partial charge is 0.162 e. The minimum atomic E-state index is -0.252. The maximum atomic E-state index is 13.0. The normalized spacial score (nSPS) is 10.8. The van der Waals surface area contributed by atoms with Gasteiger partial charge in [-0.05, 0) is 68.9 Å². The van der Waals surface area contributed by atoms with Gasteiger partial charge >= 0.3 is 0 Å². The summed E-state index contributed by atoms with van der Waals surface area (Å²) < 4.78 is 25.6. The second-order valence-electron chi connectivity index (χ2n) is 5.87. The van der Waals surface area contributed by atoms with Gasteiger partial charge in [0.25, 0.3) is 0 Å². The topological polar surface area (TPSA) is 42.5 Å². The predicted octanol–water partition coefficient (Wildman–Crippen LogP) is 4.27. The molecule has 0 aliphatic rings. The second-order valence-corrected chi connectivity index (χ2v) is 6.73. The lowest BCUT2D eigenvalue weighted by Gasteiger charge is -2.15. The van der Waals surface area contributed by atoms with Crippen LogP contribution in [0.3, 0.4) is 0 Å². The lowest BCUT2D eigenvalue weighted by molar-refractivity contribution is 0.268. The molecule has 0 aliphatic heterocycles. The molecule has 142 valence electrons. The predicted molar refractivity (Wildman–Crippen MR) is 106 cm³/mol. The molecule has 0 bridgehead atoms. The zero-order valence-corrected chi connectivity index (χ0v) is 16.9. The standard InChI is InChI=1S/C20H26BrFN2O2/c1-3-25-19-11-16(13-24-10-4-9-23-2)18(21)12-20(19)26-14-15-5-7-17(22)8-6-15/h5-8,11-12,23-24H,3-4,9-10,13-14H2,1-2H3. The first-order valence-corrected chi connectivity index (χ1v) is 9.61. The van der Waals surface area contributed by atoms with E-state index >= 15 is 0 Å². The summed E-state index contributed by atoms with van der Waals surface area (Å²) in [6.45, 7) is 5.55. The zero-order valence-electron chi connectivity index (χ0n) is 15.3. The highest BCUT2D eigenvalue weighted by atomic mass is 79.9. The van der Waals surface area contributed by atoms with Gasteiger partial charge in [0.15, 0.2) is 11.5 Å². The highest BCUT2D eigenvalue weighted by Gasteiger charge is 2.11. The van der Waals surface area contributed by atoms with Crippen molar-refractivity contribution in [2.45, 2.75) is 26.5 Å². The summed E-state index contributed by atoms with van der Waals surface area (Å²) in [6.07, 6.45) is 1.07. The van der Waals surface area contributed by atoms with E-state index in [1.807, 2.05) is 26.1 Å². The fourth-order valence-electron chi connectivity index (χ4n) is 2.45. The van der Waals surface area contributed by atoms with Crippen molar-refractivity contribution in [3.8, 4) is 11.5 Å². The first-order chi connectivity index (χ1) is 12.6. The molecular formula is C20H26BrFN2O2. The van der Waals surface area contributed by atoms with Crippen LogP contribution in [0.25, 0.3) is 0 Å². The number of benzene rings is 2. The third-order valence-corrected chi connectivity index (χ3v) is 4.55. The molecule has 0 saturated heterocycles. The van der Waals surface area contributed by atoms with Crippen molar-refractivity contribution in [2.24, 2.45) is 0 Å². The minimum absolute atomic E-state index is 0.252. The Hall–Kier alpha value is -1.63. The molecule has 26 heavy (non-hydrogen) atoms. The molecule has 2 N–H and O–H groups in total. The van der Waals surface area contributed by atoms with Gasteiger partial charge in [-0.3, -0.25) is 0 Å². The number of rotatable bonds is 11. The van der Waals surface area contributed by atoms with Crippen molar-refractivity contribution in [3.05, 3.63) is 57.8 Å². The number of hydrogen-bond donors (Lipinski definition) is 2. The van der Waals surface area contributed by atoms with E-state index in [0.29, 0.717) is 24.7 Å². The van der Waals surface area contributed by atoms with Crippen molar-refractivity contribution in [1.82, 2.24) is 10.6 Å². The van der Waals surface area contributed by atoms with E-state index in [-0.39, 0.29) is 5.82 Å². The van der Waals surface area contributed by atoms with Crippen LogP contribution in [-0.2, 0) is 13.2 Å². The summed E-state index contributed by atoms with van der Waals surface area (Å²) in [7, 11) is 1.95. The molecule has 0 atom stereocenters. The monoisotopic (exact) mass is 424 g/mol. The number of halogens is 2. The second kappa shape index (κ2) is 11.2. The molecule has 4 nitrogen and oxygen atoms in total. The molecule has 0 spiro atoms. The third kappa shape index (κ3) is 6.59. The van der Waals surface area contributed by atoms with Gasteiger partial charge in [0.05, 0.1) is 6.61 Å². The van der Waals surface area contributed by atoms with Crippen molar-refractivity contribution in [1.29, 1.82) is 0 Å². The lowest BCUT2D eigenvalue weighted by Crippen LogP contribution is -2.19. The van der Waals surface area contributed by atoms with Gasteiger partial charge in [0, 0.05) is 11.0 Å². The molecule has 0 amide bonds. The minimum Gasteiger partial charge on any atom is -0.490 e. The van der Waals surface area contributed by atoms with Crippen LogP contribution in [0.4, 0.5) is 4.39 Å². The van der Waals surface area contributed by atoms with Crippen LogP contribution in [0.1, 0.15) is 24.5 Å². The Morgan fingerprint density at radius 1 is 1.04 bits per heavy atom. The van der Waals surface area contributed by atoms with Gasteiger partial charge in [-0.15, -0.1) is 0 Å². The van der Waals surface area contributed by atoms with E-state index < -0.39 is 0 Å². The van der Waals surface area contributed by atoms with Gasteiger partial charge in [-0.25, -0.2) is 4.39 Å². The first-order valence-electron chi connectivity index (χ1n) is 8.81. The molecule has 0 fully saturated rings. The Labute approximate surface area is 163 Å². The fourth-order valence-corrected chi connectivity index (χ4v) is 2.91. The lowest BCUT2D eigenvalue weighted by atomic mass is 10.2. The van der Waals surface area contributed by atoms with Gasteiger partial charge in [0.1, 0.15) is 12.4 Å². The van der Waals surface area contributed by atoms with Crippen LogP contribution in [0, 0.1) is 5.82 Å². The first kappa shape index (κ1) is 20.7. The molecule has 0 unspecified atom stereocenters. The van der Waals surface area contributed by atoms with Crippen LogP contribution in [0.2, 0.25) is 0 Å². The van der Waals surface area contributed by atoms with Gasteiger partial charge < -0.3 is 20.1 Å². The SMILES string of the molecule is CCOc1cc(CNCCCNC)c(Br)cc1OCc1ccc(F)cc1. The molecule has 0 aromatic heterocycles. The summed E-state index contributed by atoms with van der Waals surface area (Å²) in [5.41, 5.74) is 2.02. The van der Waals surface area contributed by atoms with E-state index in [1.165, 1.54) is 12.1 Å². The van der Waals surface area contributed by atoms with E-state index in [2.05, 4.69) is 26.6 Å². The summed E-state index contributed by atoms with van der Waals surface area (Å²) in [4.78, 5) is 0. The van der Waals surface area contributed by atoms with Crippen molar-refractivity contribution >= 4 is 15.9 Å². The van der Waals surface area contributed by atoms with Crippen LogP contribution in [0.5, 0.6) is 11.5 Å². The van der Waals surface area contributed by atoms with E-state index in [1.54, 1.807) is 12.1 Å². The molecule has 2 aromatic carbocycles. The van der Waals surface area contributed by atoms with Crippen LogP contribution in [0.15, 0.2) is 40.9 Å². The molecule has 0 radical (unpaired) electrons. The van der Waals surface area contributed by atoms with Crippen LogP contribution >= 0.6 is 15.9 Å². The quantitative estimate of drug-likeness (QED) is 0.528. The van der Waals surface area contributed by atoms with E-state index in [0.717, 1.165) is 41.7 Å². The van der Waals surface area contributed by atoms with Crippen LogP contribution < -0.4 is 20.1 Å². The summed E-state index contributed by atoms with van der Waals surface area (Å²) in [6, 6.07) is 10.2. The molecule has 6 heteroatoms. The largest absolute Gasteiger partial charge is 0.490 e. The van der Waals surface area contributed by atoms with Crippen LogP contribution in [-0.4, -0.2) is 26.7 Å².